The van der Waals surface area contributed by atoms with Gasteiger partial charge >= 0.3 is 5.97 Å². The highest BCUT2D eigenvalue weighted by Crippen LogP contribution is 1.87. The van der Waals surface area contributed by atoms with Crippen LogP contribution in [-0.4, -0.2) is 25.0 Å². The molecule has 0 aromatic rings. The van der Waals surface area contributed by atoms with Crippen molar-refractivity contribution in [2.24, 2.45) is 22.5 Å². The van der Waals surface area contributed by atoms with Crippen LogP contribution in [0, 0.1) is 0 Å². The summed E-state index contributed by atoms with van der Waals surface area (Å²) in [6, 6.07) is 0. The van der Waals surface area contributed by atoms with Crippen LogP contribution in [0.2, 0.25) is 0 Å². The van der Waals surface area contributed by atoms with Gasteiger partial charge in [-0.2, -0.15) is 5.10 Å². The number of nitrogens with one attached hydrogen (secondary N) is 1. The molecule has 13 heavy (non-hydrogen) atoms. The summed E-state index contributed by atoms with van der Waals surface area (Å²) < 4.78 is 4.77. The molecule has 0 radical (unpaired) electrons. The van der Waals surface area contributed by atoms with Gasteiger partial charge < -0.3 is 21.7 Å². The fourth-order valence-electron chi connectivity index (χ4n) is 0.626. The second kappa shape index (κ2) is 7.32. The van der Waals surface area contributed by atoms with Gasteiger partial charge in [-0.15, -0.1) is 0 Å². The van der Waals surface area contributed by atoms with Crippen LogP contribution in [-0.2, 0) is 9.53 Å². The van der Waals surface area contributed by atoms with E-state index in [2.05, 4.69) is 10.5 Å². The van der Waals surface area contributed by atoms with Crippen LogP contribution in [0.15, 0.2) is 5.10 Å². The van der Waals surface area contributed by atoms with Crippen LogP contribution in [0.1, 0.15) is 12.8 Å². The molecule has 7 nitrogen and oxygen atoms in total. The number of rotatable bonds is 5. The summed E-state index contributed by atoms with van der Waals surface area (Å²) in [7, 11) is 0. The third-order valence-electron chi connectivity index (χ3n) is 1.27. The second-order valence-electron chi connectivity index (χ2n) is 2.23. The molecule has 0 unspecified atom stereocenters. The average Bonchev–Trinajstić information content (AvgIpc) is 2.13. The third-order valence-corrected chi connectivity index (χ3v) is 1.27. The van der Waals surface area contributed by atoms with Crippen LogP contribution in [0.5, 0.6) is 0 Å². The molecule has 0 aliphatic carbocycles. The lowest BCUT2D eigenvalue weighted by atomic mass is 10.4. The van der Waals surface area contributed by atoms with Crippen molar-refractivity contribution < 1.29 is 9.53 Å². The minimum absolute atomic E-state index is 0.194. The summed E-state index contributed by atoms with van der Waals surface area (Å²) in [6.07, 6.45) is 0.578. The number of hydrazone groups is 1. The molecule has 0 spiro atoms. The largest absolute Gasteiger partial charge is 0.465 e. The van der Waals surface area contributed by atoms with Gasteiger partial charge in [-0.25, -0.2) is 5.84 Å². The van der Waals surface area contributed by atoms with Crippen molar-refractivity contribution in [3.05, 3.63) is 0 Å². The van der Waals surface area contributed by atoms with E-state index >= 15 is 0 Å². The number of carbonyl (C=O) groups excluding carboxylic acids is 1. The number of carbonyl (C=O) groups is 1. The Balaban J connectivity index is 3.49. The summed E-state index contributed by atoms with van der Waals surface area (Å²) >= 11 is 0. The monoisotopic (exact) mass is 189 g/mol. The minimum Gasteiger partial charge on any atom is -0.465 e. The maximum atomic E-state index is 10.8. The molecule has 0 aromatic carbocycles. The number of hydrazine groups is 1. The Hall–Kier alpha value is -1.34. The maximum absolute atomic E-state index is 10.8. The Bertz CT molecular complexity index is 182. The molecule has 76 valence electrons. The topological polar surface area (TPSA) is 129 Å². The van der Waals surface area contributed by atoms with Gasteiger partial charge in [0, 0.05) is 13.0 Å². The molecule has 0 heterocycles. The molecule has 0 aromatic heterocycles. The van der Waals surface area contributed by atoms with Gasteiger partial charge in [0.2, 0.25) is 0 Å². The third kappa shape index (κ3) is 5.88. The van der Waals surface area contributed by atoms with E-state index in [9.17, 15) is 4.79 Å². The Morgan fingerprint density at radius 3 is 2.62 bits per heavy atom. The van der Waals surface area contributed by atoms with Crippen molar-refractivity contribution >= 4 is 11.8 Å². The zero-order valence-electron chi connectivity index (χ0n) is 7.32. The van der Waals surface area contributed by atoms with E-state index in [4.69, 9.17) is 22.2 Å². The molecular weight excluding hydrogens is 174 g/mol. The lowest BCUT2D eigenvalue weighted by Crippen LogP contribution is -2.32. The predicted molar refractivity (Wildman–Crippen MR) is 48.2 cm³/mol. The second-order valence-corrected chi connectivity index (χ2v) is 2.23. The fourth-order valence-corrected chi connectivity index (χ4v) is 0.626. The normalized spacial score (nSPS) is 11.1. The van der Waals surface area contributed by atoms with Crippen LogP contribution >= 0.6 is 0 Å². The zero-order chi connectivity index (χ0) is 10.1. The molecule has 0 amide bonds. The molecule has 0 atom stereocenters. The number of esters is 1. The van der Waals surface area contributed by atoms with Gasteiger partial charge in [0.1, 0.15) is 5.84 Å². The Labute approximate surface area is 76.2 Å². The summed E-state index contributed by atoms with van der Waals surface area (Å²) in [6.45, 7) is 0.477. The highest BCUT2D eigenvalue weighted by Gasteiger charge is 2.02. The summed E-state index contributed by atoms with van der Waals surface area (Å²) in [5.74, 6) is 10.0. The lowest BCUT2D eigenvalue weighted by molar-refractivity contribution is -0.143. The molecule has 0 aliphatic heterocycles. The van der Waals surface area contributed by atoms with Gasteiger partial charge in [0.25, 0.3) is 0 Å². The smallest absolute Gasteiger partial charge is 0.307 e. The molecule has 0 saturated carbocycles. The van der Waals surface area contributed by atoms with Crippen LogP contribution in [0.25, 0.3) is 0 Å². The Kier molecular flexibility index (Phi) is 6.56. The predicted octanol–water partition coefficient (Wildman–Crippen LogP) is -2.00. The summed E-state index contributed by atoms with van der Waals surface area (Å²) in [5, 5.41) is 3.31. The Morgan fingerprint density at radius 1 is 1.46 bits per heavy atom. The first-order valence-corrected chi connectivity index (χ1v) is 3.83. The number of nitrogens with two attached hydrogens (primary N) is 3. The molecular formula is C6H15N5O2. The summed E-state index contributed by atoms with van der Waals surface area (Å²) in [5.41, 5.74) is 7.40. The SMILES string of the molecule is NCCC(=O)OCC/C(=N/N)NN. The van der Waals surface area contributed by atoms with Crippen molar-refractivity contribution in [1.29, 1.82) is 0 Å². The van der Waals surface area contributed by atoms with Crippen LogP contribution in [0.3, 0.4) is 0 Å². The van der Waals surface area contributed by atoms with E-state index < -0.39 is 0 Å². The van der Waals surface area contributed by atoms with Crippen molar-refractivity contribution in [1.82, 2.24) is 5.43 Å². The number of nitrogens with zero attached hydrogens (tertiary/aromatic N) is 1. The van der Waals surface area contributed by atoms with E-state index in [1.54, 1.807) is 0 Å². The molecule has 0 fully saturated rings. The van der Waals surface area contributed by atoms with Gasteiger partial charge in [-0.1, -0.05) is 0 Å². The molecule has 0 aliphatic rings. The molecule has 7 heteroatoms. The van der Waals surface area contributed by atoms with Gasteiger partial charge in [0.05, 0.1) is 13.0 Å². The standard InChI is InChI=1S/C6H15N5O2/c7-3-1-6(12)13-4-2-5(10-8)11-9/h1-4,7-9H2,(H,10,11). The minimum atomic E-state index is -0.337. The molecule has 0 saturated heterocycles. The van der Waals surface area contributed by atoms with Gasteiger partial charge in [0.15, 0.2) is 0 Å². The van der Waals surface area contributed by atoms with E-state index in [0.29, 0.717) is 12.3 Å². The van der Waals surface area contributed by atoms with Crippen molar-refractivity contribution in [2.75, 3.05) is 13.2 Å². The zero-order valence-corrected chi connectivity index (χ0v) is 7.32. The fraction of sp³-hybridized carbons (Fsp3) is 0.667. The Morgan fingerprint density at radius 2 is 2.15 bits per heavy atom. The molecule has 7 N–H and O–H groups in total. The number of amidine groups is 1. The van der Waals surface area contributed by atoms with E-state index in [1.807, 2.05) is 0 Å². The van der Waals surface area contributed by atoms with Crippen molar-refractivity contribution in [3.63, 3.8) is 0 Å². The number of hydrogen-bond acceptors (Lipinski definition) is 6. The molecule has 0 rings (SSSR count). The lowest BCUT2D eigenvalue weighted by Gasteiger charge is -2.04. The summed E-state index contributed by atoms with van der Waals surface area (Å²) in [4.78, 5) is 10.8. The van der Waals surface area contributed by atoms with Gasteiger partial charge in [-0.05, 0) is 0 Å². The first-order valence-electron chi connectivity index (χ1n) is 3.83. The van der Waals surface area contributed by atoms with Crippen LogP contribution < -0.4 is 22.8 Å². The molecule has 0 bridgehead atoms. The first kappa shape index (κ1) is 11.7. The average molecular weight is 189 g/mol. The van der Waals surface area contributed by atoms with Crippen molar-refractivity contribution in [2.45, 2.75) is 12.8 Å². The number of ether oxygens (including phenoxy) is 1. The highest BCUT2D eigenvalue weighted by atomic mass is 16.5. The van der Waals surface area contributed by atoms with Crippen molar-refractivity contribution in [3.8, 4) is 0 Å². The van der Waals surface area contributed by atoms with E-state index in [1.165, 1.54) is 0 Å². The number of hydrogen-bond donors (Lipinski definition) is 4. The highest BCUT2D eigenvalue weighted by molar-refractivity contribution is 5.81. The first-order chi connectivity index (χ1) is 6.24. The van der Waals surface area contributed by atoms with Crippen LogP contribution in [0.4, 0.5) is 0 Å². The maximum Gasteiger partial charge on any atom is 0.307 e. The van der Waals surface area contributed by atoms with E-state index in [-0.39, 0.29) is 25.5 Å². The van der Waals surface area contributed by atoms with E-state index in [0.717, 1.165) is 0 Å². The quantitative estimate of drug-likeness (QED) is 0.130. The van der Waals surface area contributed by atoms with Gasteiger partial charge in [-0.3, -0.25) is 4.79 Å².